The highest BCUT2D eigenvalue weighted by Gasteiger charge is 2.21. The summed E-state index contributed by atoms with van der Waals surface area (Å²) in [5, 5.41) is 11.4. The third kappa shape index (κ3) is 4.04. The van der Waals surface area contributed by atoms with Gasteiger partial charge in [-0.05, 0) is 49.8 Å². The molecule has 1 aliphatic carbocycles. The average Bonchev–Trinajstić information content (AvgIpc) is 3.07. The van der Waals surface area contributed by atoms with Gasteiger partial charge < -0.3 is 10.1 Å². The summed E-state index contributed by atoms with van der Waals surface area (Å²) in [5.74, 6) is 0.685. The van der Waals surface area contributed by atoms with Crippen molar-refractivity contribution in [2.45, 2.75) is 51.7 Å². The molecule has 0 saturated heterocycles. The van der Waals surface area contributed by atoms with Crippen molar-refractivity contribution < 1.29 is 5.11 Å². The zero-order chi connectivity index (χ0) is 19.5. The Balaban J connectivity index is 1.57. The number of thiophene rings is 1. The Morgan fingerprint density at radius 3 is 2.82 bits per heavy atom. The number of hydrogen-bond acceptors (Lipinski definition) is 5. The van der Waals surface area contributed by atoms with Crippen LogP contribution in [0.3, 0.4) is 0 Å². The van der Waals surface area contributed by atoms with E-state index in [2.05, 4.69) is 16.8 Å². The molecule has 1 aliphatic rings. The summed E-state index contributed by atoms with van der Waals surface area (Å²) < 4.78 is 0. The molecule has 0 aliphatic heterocycles. The summed E-state index contributed by atoms with van der Waals surface area (Å²) >= 11 is 1.68. The summed E-state index contributed by atoms with van der Waals surface area (Å²) in [6.07, 6.45) is 4.83. The van der Waals surface area contributed by atoms with E-state index < -0.39 is 6.10 Å². The van der Waals surface area contributed by atoms with E-state index in [0.29, 0.717) is 18.9 Å². The van der Waals surface area contributed by atoms with Gasteiger partial charge >= 0.3 is 0 Å². The molecule has 0 saturated carbocycles. The molecule has 0 radical (unpaired) electrons. The van der Waals surface area contributed by atoms with Gasteiger partial charge in [0.2, 0.25) is 0 Å². The maximum Gasteiger partial charge on any atom is 0.259 e. The quantitative estimate of drug-likeness (QED) is 0.636. The van der Waals surface area contributed by atoms with Gasteiger partial charge in [-0.1, -0.05) is 37.3 Å². The number of fused-ring (bicyclic) bond motifs is 3. The largest absolute Gasteiger partial charge is 0.387 e. The van der Waals surface area contributed by atoms with E-state index in [0.717, 1.165) is 48.0 Å². The highest BCUT2D eigenvalue weighted by molar-refractivity contribution is 7.18. The minimum absolute atomic E-state index is 0.0144. The topological polar surface area (TPSA) is 69.2 Å². The summed E-state index contributed by atoms with van der Waals surface area (Å²) in [5.41, 5.74) is 2.11. The number of aromatic amines is 1. The maximum atomic E-state index is 12.8. The molecule has 5 nitrogen and oxygen atoms in total. The normalized spacial score (nSPS) is 15.1. The van der Waals surface area contributed by atoms with Gasteiger partial charge in [-0.2, -0.15) is 0 Å². The van der Waals surface area contributed by atoms with Gasteiger partial charge in [-0.3, -0.25) is 9.69 Å². The standard InChI is InChI=1S/C22H27N3O2S/c1-2-12-25(13-17(26)15-8-4-3-5-9-15)14-19-23-21(27)20-16-10-6-7-11-18(16)28-22(20)24-19/h3-5,8-9,17,26H,2,6-7,10-14H2,1H3,(H,23,24,27). The molecule has 4 rings (SSSR count). The Kier molecular flexibility index (Phi) is 5.90. The molecular weight excluding hydrogens is 370 g/mol. The number of H-pyrrole nitrogens is 1. The fourth-order valence-corrected chi connectivity index (χ4v) is 5.35. The summed E-state index contributed by atoms with van der Waals surface area (Å²) in [6, 6.07) is 9.71. The number of rotatable bonds is 7. The second kappa shape index (κ2) is 8.55. The number of aliphatic hydroxyl groups excluding tert-OH is 1. The van der Waals surface area contributed by atoms with Crippen molar-refractivity contribution in [3.63, 3.8) is 0 Å². The van der Waals surface area contributed by atoms with E-state index in [1.165, 1.54) is 16.9 Å². The molecule has 0 fully saturated rings. The lowest BCUT2D eigenvalue weighted by atomic mass is 9.97. The van der Waals surface area contributed by atoms with Crippen LogP contribution in [0.5, 0.6) is 0 Å². The Bertz CT molecular complexity index is 996. The number of aryl methyl sites for hydroxylation is 2. The van der Waals surface area contributed by atoms with Gasteiger partial charge in [-0.15, -0.1) is 11.3 Å². The van der Waals surface area contributed by atoms with Crippen LogP contribution >= 0.6 is 11.3 Å². The molecule has 2 heterocycles. The molecule has 6 heteroatoms. The van der Waals surface area contributed by atoms with E-state index in [-0.39, 0.29) is 5.56 Å². The third-order valence-electron chi connectivity index (χ3n) is 5.40. The molecule has 2 aromatic heterocycles. The number of nitrogens with zero attached hydrogens (tertiary/aromatic N) is 2. The van der Waals surface area contributed by atoms with Gasteiger partial charge in [0.05, 0.1) is 18.0 Å². The predicted octanol–water partition coefficient (Wildman–Crippen LogP) is 3.81. The molecule has 0 amide bonds. The molecular formula is C22H27N3O2S. The van der Waals surface area contributed by atoms with E-state index in [4.69, 9.17) is 4.98 Å². The van der Waals surface area contributed by atoms with Crippen LogP contribution in [-0.4, -0.2) is 33.1 Å². The molecule has 1 unspecified atom stereocenters. The molecule has 2 N–H and O–H groups in total. The van der Waals surface area contributed by atoms with Crippen molar-refractivity contribution >= 4 is 21.6 Å². The van der Waals surface area contributed by atoms with E-state index in [1.54, 1.807) is 11.3 Å². The zero-order valence-electron chi connectivity index (χ0n) is 16.3. The van der Waals surface area contributed by atoms with Crippen LogP contribution in [0.4, 0.5) is 0 Å². The Morgan fingerprint density at radius 1 is 1.25 bits per heavy atom. The highest BCUT2D eigenvalue weighted by Crippen LogP contribution is 2.33. The van der Waals surface area contributed by atoms with Crippen molar-refractivity contribution in [3.8, 4) is 0 Å². The van der Waals surface area contributed by atoms with Crippen molar-refractivity contribution in [1.82, 2.24) is 14.9 Å². The van der Waals surface area contributed by atoms with Crippen LogP contribution < -0.4 is 5.56 Å². The average molecular weight is 398 g/mol. The molecule has 3 aromatic rings. The minimum atomic E-state index is -0.558. The number of aromatic nitrogens is 2. The first-order valence-corrected chi connectivity index (χ1v) is 11.0. The smallest absolute Gasteiger partial charge is 0.259 e. The van der Waals surface area contributed by atoms with Crippen molar-refractivity contribution in [2.24, 2.45) is 0 Å². The summed E-state index contributed by atoms with van der Waals surface area (Å²) in [6.45, 7) is 4.01. The Labute approximate surface area is 169 Å². The third-order valence-corrected chi connectivity index (χ3v) is 6.59. The van der Waals surface area contributed by atoms with Crippen LogP contribution in [0.15, 0.2) is 35.1 Å². The number of nitrogens with one attached hydrogen (secondary N) is 1. The Hall–Kier alpha value is -2.02. The van der Waals surface area contributed by atoms with Gasteiger partial charge in [0.25, 0.3) is 5.56 Å². The van der Waals surface area contributed by atoms with Gasteiger partial charge in [0.1, 0.15) is 10.7 Å². The number of hydrogen-bond donors (Lipinski definition) is 2. The number of benzene rings is 1. The summed E-state index contributed by atoms with van der Waals surface area (Å²) in [4.78, 5) is 24.9. The molecule has 0 bridgehead atoms. The number of aliphatic hydroxyl groups is 1. The van der Waals surface area contributed by atoms with Gasteiger partial charge in [0, 0.05) is 11.4 Å². The lowest BCUT2D eigenvalue weighted by Gasteiger charge is -2.24. The fourth-order valence-electron chi connectivity index (χ4n) is 4.07. The highest BCUT2D eigenvalue weighted by atomic mass is 32.1. The molecule has 1 atom stereocenters. The van der Waals surface area contributed by atoms with E-state index in [9.17, 15) is 9.90 Å². The van der Waals surface area contributed by atoms with Crippen LogP contribution in [0.2, 0.25) is 0 Å². The molecule has 148 valence electrons. The predicted molar refractivity (Wildman–Crippen MR) is 114 cm³/mol. The Morgan fingerprint density at radius 2 is 2.04 bits per heavy atom. The van der Waals surface area contributed by atoms with Gasteiger partial charge in [0.15, 0.2) is 0 Å². The summed E-state index contributed by atoms with van der Waals surface area (Å²) in [7, 11) is 0. The first kappa shape index (κ1) is 19.3. The molecule has 0 spiro atoms. The second-order valence-corrected chi connectivity index (χ2v) is 8.65. The van der Waals surface area contributed by atoms with Crippen LogP contribution in [0.1, 0.15) is 54.1 Å². The van der Waals surface area contributed by atoms with Crippen molar-refractivity contribution in [3.05, 3.63) is 62.5 Å². The van der Waals surface area contributed by atoms with Gasteiger partial charge in [-0.25, -0.2) is 4.98 Å². The van der Waals surface area contributed by atoms with Crippen LogP contribution in [-0.2, 0) is 19.4 Å². The first-order chi connectivity index (χ1) is 13.7. The van der Waals surface area contributed by atoms with E-state index >= 15 is 0 Å². The lowest BCUT2D eigenvalue weighted by Crippen LogP contribution is -2.30. The van der Waals surface area contributed by atoms with E-state index in [1.807, 2.05) is 30.3 Å². The monoisotopic (exact) mass is 397 g/mol. The second-order valence-electron chi connectivity index (χ2n) is 7.57. The van der Waals surface area contributed by atoms with Crippen LogP contribution in [0.25, 0.3) is 10.2 Å². The zero-order valence-corrected chi connectivity index (χ0v) is 17.1. The first-order valence-electron chi connectivity index (χ1n) is 10.1. The maximum absolute atomic E-state index is 12.8. The molecule has 28 heavy (non-hydrogen) atoms. The minimum Gasteiger partial charge on any atom is -0.387 e. The fraction of sp³-hybridized carbons (Fsp3) is 0.455. The van der Waals surface area contributed by atoms with Crippen LogP contribution in [0, 0.1) is 0 Å². The SMILES string of the molecule is CCCN(Cc1nc2sc3c(c2c(=O)[nH]1)CCCC3)CC(O)c1ccccc1. The van der Waals surface area contributed by atoms with Crippen molar-refractivity contribution in [2.75, 3.05) is 13.1 Å². The molecule has 1 aromatic carbocycles. The lowest BCUT2D eigenvalue weighted by molar-refractivity contribution is 0.107. The van der Waals surface area contributed by atoms with Crippen molar-refractivity contribution in [1.29, 1.82) is 0 Å².